The van der Waals surface area contributed by atoms with Crippen LogP contribution < -0.4 is 4.90 Å². The Bertz CT molecular complexity index is 2450. The third-order valence-electron chi connectivity index (χ3n) is 12.6. The minimum Gasteiger partial charge on any atom is -0.443 e. The summed E-state index contributed by atoms with van der Waals surface area (Å²) in [7, 11) is 1.85. The lowest BCUT2D eigenvalue weighted by atomic mass is 9.79. The van der Waals surface area contributed by atoms with Gasteiger partial charge in [0.05, 0.1) is 11.1 Å². The highest BCUT2D eigenvalue weighted by Gasteiger charge is 2.46. The lowest BCUT2D eigenvalue weighted by molar-refractivity contribution is -0.438. The van der Waals surface area contributed by atoms with Crippen LogP contribution in [-0.2, 0) is 24.9 Å². The number of carbonyl (C=O) groups is 1. The van der Waals surface area contributed by atoms with Gasteiger partial charge in [0.15, 0.2) is 5.71 Å². The normalized spacial score (nSPS) is 18.4. The van der Waals surface area contributed by atoms with Gasteiger partial charge in [0.25, 0.3) is 0 Å². The van der Waals surface area contributed by atoms with Gasteiger partial charge in [0.2, 0.25) is 5.69 Å². The van der Waals surface area contributed by atoms with Crippen molar-refractivity contribution in [1.29, 1.82) is 0 Å². The molecule has 322 valence electrons. The number of anilines is 1. The summed E-state index contributed by atoms with van der Waals surface area (Å²) >= 11 is 1.10. The van der Waals surface area contributed by atoms with E-state index in [1.165, 1.54) is 68.3 Å². The highest BCUT2D eigenvalue weighted by Crippen LogP contribution is 2.51. The van der Waals surface area contributed by atoms with Crippen molar-refractivity contribution in [2.45, 2.75) is 117 Å². The monoisotopic (exact) mass is 842 g/mol. The third kappa shape index (κ3) is 8.99. The summed E-state index contributed by atoms with van der Waals surface area (Å²) in [5.41, 5.74) is 9.71. The first-order valence-electron chi connectivity index (χ1n) is 22.0. The maximum atomic E-state index is 13.9. The van der Waals surface area contributed by atoms with Gasteiger partial charge in [-0.15, -0.1) is 4.33 Å². The molecule has 61 heavy (non-hydrogen) atoms. The Balaban J connectivity index is 1.31. The molecule has 1 amide bonds. The van der Waals surface area contributed by atoms with Gasteiger partial charge in [-0.2, -0.15) is 4.58 Å². The number of allylic oxidation sites excluding steroid dienone is 7. The Kier molecular flexibility index (Phi) is 13.4. The Morgan fingerprint density at radius 3 is 2.23 bits per heavy atom. The molecule has 0 atom stereocenters. The topological polar surface area (TPSA) is 74.5 Å². The third-order valence-corrected chi connectivity index (χ3v) is 13.2. The van der Waals surface area contributed by atoms with Crippen molar-refractivity contribution in [3.05, 3.63) is 131 Å². The van der Waals surface area contributed by atoms with Crippen LogP contribution >= 0.6 is 12.0 Å². The Labute approximate surface area is 367 Å². The van der Waals surface area contributed by atoms with Crippen molar-refractivity contribution in [3.63, 3.8) is 0 Å². The smallest absolute Gasteiger partial charge is 0.414 e. The van der Waals surface area contributed by atoms with Gasteiger partial charge in [-0.25, -0.2) is 10.1 Å². The summed E-state index contributed by atoms with van der Waals surface area (Å²) < 4.78 is 13.2. The van der Waals surface area contributed by atoms with E-state index in [4.69, 9.17) is 9.99 Å². The van der Waals surface area contributed by atoms with Crippen LogP contribution in [0.15, 0.2) is 120 Å². The van der Waals surface area contributed by atoms with E-state index in [0.717, 1.165) is 74.1 Å². The van der Waals surface area contributed by atoms with Gasteiger partial charge >= 0.3 is 6.09 Å². The lowest BCUT2D eigenvalue weighted by Crippen LogP contribution is -2.34. The van der Waals surface area contributed by atoms with E-state index in [0.29, 0.717) is 5.75 Å². The molecule has 4 aromatic carbocycles. The van der Waals surface area contributed by atoms with Crippen LogP contribution in [0.2, 0.25) is 0 Å². The molecule has 2 aliphatic heterocycles. The van der Waals surface area contributed by atoms with Crippen LogP contribution in [0.1, 0.15) is 111 Å². The molecule has 9 heteroatoms. The van der Waals surface area contributed by atoms with Gasteiger partial charge in [0, 0.05) is 72.3 Å². The fourth-order valence-electron chi connectivity index (χ4n) is 9.81. The number of hydrogen-bond donors (Lipinski definition) is 1. The fourth-order valence-corrected chi connectivity index (χ4v) is 10.2. The van der Waals surface area contributed by atoms with Crippen LogP contribution in [0.4, 0.5) is 16.2 Å². The summed E-state index contributed by atoms with van der Waals surface area (Å²) in [5.74, 6) is 0.697. The van der Waals surface area contributed by atoms with Crippen molar-refractivity contribution in [1.82, 2.24) is 4.90 Å². The van der Waals surface area contributed by atoms with Crippen molar-refractivity contribution in [2.24, 2.45) is 0 Å². The van der Waals surface area contributed by atoms with E-state index < -0.39 is 5.60 Å². The quantitative estimate of drug-likeness (QED) is 0.0420. The molecule has 3 aliphatic rings. The fraction of sp³-hybridized carbons (Fsp3) is 0.423. The molecule has 0 saturated carbocycles. The first-order valence-corrected chi connectivity index (χ1v) is 23.0. The number of carbonyl (C=O) groups excluding carboxylic acids is 1. The standard InChI is InChI=1S/C52H63N3O5S/c1-10-11-16-33-54-42-29-25-36-19-12-14-21-40(36)46(42)51(5,6)44(54)31-27-38-23-24-39(48(38)53(9)49(56)58-50(2,3)4)28-32-45-52(7,8)47-41-22-15-13-20-37(41)26-30-43(47)55(45)34-17-18-35-61-60-59-57/h12-15,19-22,25-32H,10-11,16-18,23-24,33-35H2,1-9H3/p+1. The van der Waals surface area contributed by atoms with E-state index >= 15 is 0 Å². The minimum atomic E-state index is -0.637. The maximum absolute atomic E-state index is 13.9. The molecule has 0 bridgehead atoms. The van der Waals surface area contributed by atoms with Crippen LogP contribution in [-0.4, -0.2) is 58.0 Å². The van der Waals surface area contributed by atoms with E-state index in [9.17, 15) is 4.79 Å². The predicted octanol–water partition coefficient (Wildman–Crippen LogP) is 13.5. The largest absolute Gasteiger partial charge is 0.443 e. The molecule has 0 radical (unpaired) electrons. The number of rotatable bonds is 15. The Hall–Kier alpha value is -4.67. The molecule has 1 aliphatic carbocycles. The van der Waals surface area contributed by atoms with Gasteiger partial charge in [-0.3, -0.25) is 4.90 Å². The summed E-state index contributed by atoms with van der Waals surface area (Å²) in [6, 6.07) is 26.5. The number of unbranched alkanes of at least 4 members (excludes halogenated alkanes) is 3. The van der Waals surface area contributed by atoms with Gasteiger partial charge in [-0.1, -0.05) is 99.0 Å². The van der Waals surface area contributed by atoms with Crippen molar-refractivity contribution in [3.8, 4) is 0 Å². The lowest BCUT2D eigenvalue weighted by Gasteiger charge is -2.28. The molecular formula is C52H64N3O5S+. The summed E-state index contributed by atoms with van der Waals surface area (Å²) in [6.07, 6.45) is 15.7. The average Bonchev–Trinajstić information content (AvgIpc) is 3.80. The van der Waals surface area contributed by atoms with E-state index in [1.807, 2.05) is 27.8 Å². The molecule has 8 nitrogen and oxygen atoms in total. The molecule has 0 unspecified atom stereocenters. The predicted molar refractivity (Wildman–Crippen MR) is 253 cm³/mol. The molecule has 4 aromatic rings. The highest BCUT2D eigenvalue weighted by molar-refractivity contribution is 7.94. The van der Waals surface area contributed by atoms with Crippen molar-refractivity contribution < 1.29 is 28.7 Å². The van der Waals surface area contributed by atoms with Crippen molar-refractivity contribution in [2.75, 3.05) is 30.8 Å². The first-order chi connectivity index (χ1) is 29.2. The van der Waals surface area contributed by atoms with Crippen LogP contribution in [0, 0.1) is 0 Å². The second kappa shape index (κ2) is 18.4. The molecule has 0 fully saturated rings. The second-order valence-electron chi connectivity index (χ2n) is 18.7. The average molecular weight is 843 g/mol. The molecule has 0 aromatic heterocycles. The number of fused-ring (bicyclic) bond motifs is 6. The first kappa shape index (κ1) is 44.4. The summed E-state index contributed by atoms with van der Waals surface area (Å²) in [5, 5.41) is 17.5. The molecular weight excluding hydrogens is 779 g/mol. The van der Waals surface area contributed by atoms with Crippen LogP contribution in [0.3, 0.4) is 0 Å². The Morgan fingerprint density at radius 1 is 0.852 bits per heavy atom. The zero-order valence-corrected chi connectivity index (χ0v) is 38.5. The van der Waals surface area contributed by atoms with Crippen molar-refractivity contribution >= 4 is 56.8 Å². The van der Waals surface area contributed by atoms with E-state index in [2.05, 4.69) is 151 Å². The van der Waals surface area contributed by atoms with Gasteiger partial charge < -0.3 is 9.64 Å². The number of amides is 1. The van der Waals surface area contributed by atoms with Crippen LogP contribution in [0.25, 0.3) is 21.5 Å². The van der Waals surface area contributed by atoms with Gasteiger partial charge in [0.1, 0.15) is 12.1 Å². The number of hydrogen-bond acceptors (Lipinski definition) is 7. The molecule has 0 spiro atoms. The zero-order chi connectivity index (χ0) is 43.5. The number of benzene rings is 4. The van der Waals surface area contributed by atoms with Gasteiger partial charge in [-0.05, 0) is 123 Å². The molecule has 7 rings (SSSR count). The van der Waals surface area contributed by atoms with E-state index in [-0.39, 0.29) is 16.9 Å². The zero-order valence-electron chi connectivity index (χ0n) is 37.6. The number of ether oxygens (including phenoxy) is 1. The number of nitrogens with zero attached hydrogens (tertiary/aromatic N) is 3. The summed E-state index contributed by atoms with van der Waals surface area (Å²) in [6.45, 7) is 19.2. The molecule has 1 N–H and O–H groups in total. The minimum absolute atomic E-state index is 0.229. The molecule has 0 saturated heterocycles. The SMILES string of the molecule is CCCCC[N+]1=C(C=CC2=C(N(C)C(=O)OC(C)(C)C)C(=CC=C3N(CCCCSOOO)c4ccc5ccccc5c4C3(C)C)CC2)C(C)(C)c2c1ccc1ccccc21. The summed E-state index contributed by atoms with van der Waals surface area (Å²) in [4.78, 5) is 18.1. The van der Waals surface area contributed by atoms with Crippen LogP contribution in [0.5, 0.6) is 0 Å². The maximum Gasteiger partial charge on any atom is 0.414 e. The van der Waals surface area contributed by atoms with E-state index in [1.54, 1.807) is 4.90 Å². The highest BCUT2D eigenvalue weighted by atomic mass is 32.2. The molecule has 2 heterocycles. The second-order valence-corrected chi connectivity index (χ2v) is 19.4. The number of likely N-dealkylation sites (N-methyl/N-ethyl adjacent to an activating group) is 1. The Morgan fingerprint density at radius 2 is 1.54 bits per heavy atom.